The molecule has 1 rings (SSSR count). The lowest BCUT2D eigenvalue weighted by atomic mass is 9.96. The van der Waals surface area contributed by atoms with Gasteiger partial charge in [0.2, 0.25) is 0 Å². The summed E-state index contributed by atoms with van der Waals surface area (Å²) in [7, 11) is 0. The molecule has 19 heavy (non-hydrogen) atoms. The molecule has 0 radical (unpaired) electrons. The fourth-order valence-electron chi connectivity index (χ4n) is 1.93. The van der Waals surface area contributed by atoms with Crippen LogP contribution in [0, 0.1) is 0 Å². The maximum absolute atomic E-state index is 12.3. The molecule has 0 aliphatic heterocycles. The molecule has 0 aliphatic rings. The van der Waals surface area contributed by atoms with Gasteiger partial charge in [0.15, 0.2) is 6.35 Å². The first-order valence-corrected chi connectivity index (χ1v) is 6.17. The number of aliphatic hydroxyl groups is 1. The molecule has 0 fully saturated rings. The Bertz CT molecular complexity index is 423. The molecule has 0 saturated carbocycles. The average Bonchev–Trinajstić information content (AvgIpc) is 2.28. The van der Waals surface area contributed by atoms with Gasteiger partial charge in [-0.3, -0.25) is 5.73 Å². The highest BCUT2D eigenvalue weighted by molar-refractivity contribution is 5.62. The minimum atomic E-state index is -2.86. The molecule has 4 nitrogen and oxygen atoms in total. The van der Waals surface area contributed by atoms with Gasteiger partial charge in [0.1, 0.15) is 5.75 Å². The van der Waals surface area contributed by atoms with Gasteiger partial charge < -0.3 is 15.2 Å². The minimum Gasteiger partial charge on any atom is -0.435 e. The lowest BCUT2D eigenvalue weighted by molar-refractivity contribution is -0.0499. The fourth-order valence-corrected chi connectivity index (χ4v) is 1.93. The van der Waals surface area contributed by atoms with Gasteiger partial charge in [-0.2, -0.15) is 8.78 Å². The van der Waals surface area contributed by atoms with Gasteiger partial charge in [-0.05, 0) is 35.6 Å². The van der Waals surface area contributed by atoms with E-state index in [-0.39, 0.29) is 11.7 Å². The highest BCUT2D eigenvalue weighted by Crippen LogP contribution is 2.33. The SMILES string of the molecule is CCc1cc(OC(F)F)cc(C(C)C)c1NC(N)O. The van der Waals surface area contributed by atoms with Crippen LogP contribution >= 0.6 is 0 Å². The van der Waals surface area contributed by atoms with Crippen LogP contribution in [0.3, 0.4) is 0 Å². The molecule has 0 amide bonds. The zero-order chi connectivity index (χ0) is 14.6. The van der Waals surface area contributed by atoms with Gasteiger partial charge in [-0.15, -0.1) is 0 Å². The lowest BCUT2D eigenvalue weighted by Crippen LogP contribution is -2.29. The second-order valence-corrected chi connectivity index (χ2v) is 4.52. The number of aryl methyl sites for hydroxylation is 1. The molecule has 0 saturated heterocycles. The Balaban J connectivity index is 3.27. The van der Waals surface area contributed by atoms with Crippen molar-refractivity contribution in [3.63, 3.8) is 0 Å². The Morgan fingerprint density at radius 3 is 2.42 bits per heavy atom. The van der Waals surface area contributed by atoms with E-state index in [1.807, 2.05) is 20.8 Å². The standard InChI is InChI=1S/C13H20F2N2O2/c1-4-8-5-9(19-12(14)15)6-10(7(2)3)11(8)17-13(16)18/h5-7,12-13,17-18H,4,16H2,1-3H3. The van der Waals surface area contributed by atoms with Gasteiger partial charge >= 0.3 is 6.61 Å². The summed E-state index contributed by atoms with van der Waals surface area (Å²) in [4.78, 5) is 0. The smallest absolute Gasteiger partial charge is 0.387 e. The second-order valence-electron chi connectivity index (χ2n) is 4.52. The van der Waals surface area contributed by atoms with Gasteiger partial charge in [0.25, 0.3) is 0 Å². The van der Waals surface area contributed by atoms with E-state index in [1.54, 1.807) is 6.07 Å². The molecule has 0 aliphatic carbocycles. The number of ether oxygens (including phenoxy) is 1. The number of benzene rings is 1. The van der Waals surface area contributed by atoms with Gasteiger partial charge in [0, 0.05) is 5.69 Å². The monoisotopic (exact) mass is 274 g/mol. The van der Waals surface area contributed by atoms with Crippen molar-refractivity contribution in [2.75, 3.05) is 5.32 Å². The quantitative estimate of drug-likeness (QED) is 0.698. The summed E-state index contributed by atoms with van der Waals surface area (Å²) in [6, 6.07) is 3.07. The predicted octanol–water partition coefficient (Wildman–Crippen LogP) is 2.62. The molecular formula is C13H20F2N2O2. The van der Waals surface area contributed by atoms with E-state index in [1.165, 1.54) is 6.07 Å². The summed E-state index contributed by atoms with van der Waals surface area (Å²) >= 11 is 0. The number of nitrogens with two attached hydrogens (primary N) is 1. The van der Waals surface area contributed by atoms with Crippen LogP contribution in [0.2, 0.25) is 0 Å². The summed E-state index contributed by atoms with van der Waals surface area (Å²) in [6.07, 6.45) is -0.598. The molecule has 1 atom stereocenters. The van der Waals surface area contributed by atoms with E-state index >= 15 is 0 Å². The lowest BCUT2D eigenvalue weighted by Gasteiger charge is -2.21. The summed E-state index contributed by atoms with van der Waals surface area (Å²) < 4.78 is 29.1. The highest BCUT2D eigenvalue weighted by Gasteiger charge is 2.16. The Morgan fingerprint density at radius 1 is 1.37 bits per heavy atom. The number of alkyl halides is 2. The van der Waals surface area contributed by atoms with Crippen LogP contribution < -0.4 is 15.8 Å². The zero-order valence-corrected chi connectivity index (χ0v) is 11.3. The molecule has 0 spiro atoms. The molecule has 0 bridgehead atoms. The maximum atomic E-state index is 12.3. The minimum absolute atomic E-state index is 0.0766. The summed E-state index contributed by atoms with van der Waals surface area (Å²) in [6.45, 7) is 2.88. The van der Waals surface area contributed by atoms with Crippen molar-refractivity contribution in [1.29, 1.82) is 0 Å². The fraction of sp³-hybridized carbons (Fsp3) is 0.538. The van der Waals surface area contributed by atoms with Crippen LogP contribution in [0.4, 0.5) is 14.5 Å². The number of hydrogen-bond acceptors (Lipinski definition) is 4. The van der Waals surface area contributed by atoms with E-state index in [9.17, 15) is 13.9 Å². The van der Waals surface area contributed by atoms with Gasteiger partial charge in [-0.1, -0.05) is 20.8 Å². The van der Waals surface area contributed by atoms with E-state index < -0.39 is 13.0 Å². The normalized spacial score (nSPS) is 12.9. The van der Waals surface area contributed by atoms with Crippen molar-refractivity contribution in [1.82, 2.24) is 0 Å². The third-order valence-corrected chi connectivity index (χ3v) is 2.74. The average molecular weight is 274 g/mol. The molecule has 1 aromatic carbocycles. The molecule has 1 aromatic rings. The van der Waals surface area contributed by atoms with Crippen molar-refractivity contribution in [2.45, 2.75) is 46.1 Å². The van der Waals surface area contributed by atoms with Crippen LogP contribution in [0.5, 0.6) is 5.75 Å². The van der Waals surface area contributed by atoms with Crippen LogP contribution in [-0.4, -0.2) is 18.1 Å². The highest BCUT2D eigenvalue weighted by atomic mass is 19.3. The van der Waals surface area contributed by atoms with Crippen LogP contribution in [0.25, 0.3) is 0 Å². The number of nitrogens with one attached hydrogen (secondary N) is 1. The van der Waals surface area contributed by atoms with E-state index in [2.05, 4.69) is 10.1 Å². The topological polar surface area (TPSA) is 67.5 Å². The number of rotatable bonds is 6. The Kier molecular flexibility index (Phi) is 5.50. The van der Waals surface area contributed by atoms with E-state index in [0.29, 0.717) is 12.1 Å². The molecule has 4 N–H and O–H groups in total. The Hall–Kier alpha value is -1.40. The summed E-state index contributed by atoms with van der Waals surface area (Å²) in [5.41, 5.74) is 7.55. The first-order valence-electron chi connectivity index (χ1n) is 6.17. The number of aliphatic hydroxyl groups excluding tert-OH is 1. The van der Waals surface area contributed by atoms with Crippen LogP contribution in [0.15, 0.2) is 12.1 Å². The largest absolute Gasteiger partial charge is 0.435 e. The van der Waals surface area contributed by atoms with Crippen molar-refractivity contribution in [3.8, 4) is 5.75 Å². The first kappa shape index (κ1) is 15.7. The molecule has 1 unspecified atom stereocenters. The Labute approximate surface area is 111 Å². The molecule has 0 aromatic heterocycles. The first-order chi connectivity index (χ1) is 8.85. The van der Waals surface area contributed by atoms with E-state index in [4.69, 9.17) is 5.73 Å². The second kappa shape index (κ2) is 6.68. The predicted molar refractivity (Wildman–Crippen MR) is 70.4 cm³/mol. The zero-order valence-electron chi connectivity index (χ0n) is 11.3. The van der Waals surface area contributed by atoms with Crippen molar-refractivity contribution in [2.24, 2.45) is 5.73 Å². The van der Waals surface area contributed by atoms with Crippen molar-refractivity contribution >= 4 is 5.69 Å². The summed E-state index contributed by atoms with van der Waals surface area (Å²) in [5.74, 6) is 0.195. The molecular weight excluding hydrogens is 254 g/mol. The Morgan fingerprint density at radius 2 is 2.00 bits per heavy atom. The number of hydrogen-bond donors (Lipinski definition) is 3. The molecule has 0 heterocycles. The number of halogens is 2. The summed E-state index contributed by atoms with van der Waals surface area (Å²) in [5, 5.41) is 12.0. The number of anilines is 1. The maximum Gasteiger partial charge on any atom is 0.387 e. The van der Waals surface area contributed by atoms with Gasteiger partial charge in [0.05, 0.1) is 0 Å². The molecule has 6 heteroatoms. The third-order valence-electron chi connectivity index (χ3n) is 2.74. The molecule has 108 valence electrons. The van der Waals surface area contributed by atoms with E-state index in [0.717, 1.165) is 11.1 Å². The third kappa shape index (κ3) is 4.33. The van der Waals surface area contributed by atoms with Crippen LogP contribution in [-0.2, 0) is 6.42 Å². The van der Waals surface area contributed by atoms with Crippen molar-refractivity contribution < 1.29 is 18.6 Å². The van der Waals surface area contributed by atoms with Gasteiger partial charge in [-0.25, -0.2) is 0 Å². The van der Waals surface area contributed by atoms with Crippen molar-refractivity contribution in [3.05, 3.63) is 23.3 Å². The van der Waals surface area contributed by atoms with Crippen LogP contribution in [0.1, 0.15) is 37.8 Å².